The maximum absolute atomic E-state index is 12.6. The number of nitrogens with zero attached hydrogens (tertiary/aromatic N) is 2. The number of benzene rings is 1. The molecule has 120 valence electrons. The number of carbonyl (C=O) groups excluding carboxylic acids is 1. The van der Waals surface area contributed by atoms with Crippen LogP contribution in [0.25, 0.3) is 0 Å². The summed E-state index contributed by atoms with van der Waals surface area (Å²) < 4.78 is 0. The van der Waals surface area contributed by atoms with Crippen LogP contribution in [-0.4, -0.2) is 22.3 Å². The highest BCUT2D eigenvalue weighted by Gasteiger charge is 2.23. The van der Waals surface area contributed by atoms with Crippen molar-refractivity contribution in [3.05, 3.63) is 75.4 Å². The van der Waals surface area contributed by atoms with Gasteiger partial charge >= 0.3 is 0 Å². The number of rotatable bonds is 3. The molecular formula is C18H16N4OS. The van der Waals surface area contributed by atoms with E-state index in [1.165, 1.54) is 35.0 Å². The molecule has 1 aliphatic rings. The third-order valence-electron chi connectivity index (χ3n) is 4.27. The first-order chi connectivity index (χ1) is 11.7. The molecule has 3 N–H and O–H groups in total. The molecule has 0 fully saturated rings. The van der Waals surface area contributed by atoms with Crippen LogP contribution in [0.4, 0.5) is 5.82 Å². The molecule has 0 radical (unpaired) electrons. The van der Waals surface area contributed by atoms with Crippen LogP contribution in [0.5, 0.6) is 0 Å². The van der Waals surface area contributed by atoms with Crippen LogP contribution < -0.4 is 11.1 Å². The highest BCUT2D eigenvalue weighted by molar-refractivity contribution is 7.12. The summed E-state index contributed by atoms with van der Waals surface area (Å²) in [7, 11) is 0. The third kappa shape index (κ3) is 2.60. The van der Waals surface area contributed by atoms with Gasteiger partial charge in [-0.3, -0.25) is 4.79 Å². The normalized spacial score (nSPS) is 16.6. The van der Waals surface area contributed by atoms with Crippen LogP contribution in [0.1, 0.15) is 38.0 Å². The van der Waals surface area contributed by atoms with Gasteiger partial charge in [-0.2, -0.15) is 0 Å². The van der Waals surface area contributed by atoms with Crippen molar-refractivity contribution in [2.75, 3.05) is 12.3 Å². The number of carbonyl (C=O) groups is 1. The summed E-state index contributed by atoms with van der Waals surface area (Å²) in [6, 6.07) is 10.5. The predicted molar refractivity (Wildman–Crippen MR) is 94.2 cm³/mol. The average molecular weight is 336 g/mol. The van der Waals surface area contributed by atoms with Gasteiger partial charge in [0.2, 0.25) is 5.78 Å². The highest BCUT2D eigenvalue weighted by Crippen LogP contribution is 2.32. The van der Waals surface area contributed by atoms with Crippen molar-refractivity contribution in [1.82, 2.24) is 15.3 Å². The number of nitrogens with two attached hydrogens (primary N) is 1. The molecule has 1 unspecified atom stereocenters. The molecule has 3 aromatic rings. The third-order valence-corrected chi connectivity index (χ3v) is 5.22. The lowest BCUT2D eigenvalue weighted by Crippen LogP contribution is -2.30. The molecule has 0 saturated carbocycles. The van der Waals surface area contributed by atoms with Gasteiger partial charge in [-0.25, -0.2) is 9.97 Å². The van der Waals surface area contributed by atoms with Gasteiger partial charge in [0.1, 0.15) is 12.1 Å². The summed E-state index contributed by atoms with van der Waals surface area (Å²) in [5.41, 5.74) is 9.89. The van der Waals surface area contributed by atoms with E-state index in [0.29, 0.717) is 10.4 Å². The molecule has 0 saturated heterocycles. The van der Waals surface area contributed by atoms with Gasteiger partial charge in [0.05, 0.1) is 16.5 Å². The average Bonchev–Trinajstić information content (AvgIpc) is 3.11. The Morgan fingerprint density at radius 3 is 3.08 bits per heavy atom. The van der Waals surface area contributed by atoms with Gasteiger partial charge in [-0.15, -0.1) is 11.3 Å². The Kier molecular flexibility index (Phi) is 3.84. The highest BCUT2D eigenvalue weighted by atomic mass is 32.1. The molecule has 4 rings (SSSR count). The van der Waals surface area contributed by atoms with Gasteiger partial charge in [-0.1, -0.05) is 24.3 Å². The Hall–Kier alpha value is -2.57. The van der Waals surface area contributed by atoms with Crippen LogP contribution >= 0.6 is 11.3 Å². The van der Waals surface area contributed by atoms with Gasteiger partial charge < -0.3 is 11.1 Å². The van der Waals surface area contributed by atoms with E-state index in [9.17, 15) is 4.79 Å². The number of nitrogen functional groups attached to an aromatic ring is 1. The maximum Gasteiger partial charge on any atom is 0.208 e. The van der Waals surface area contributed by atoms with E-state index in [-0.39, 0.29) is 17.6 Å². The fraction of sp³-hybridized carbons (Fsp3) is 0.167. The summed E-state index contributed by atoms with van der Waals surface area (Å²) in [5, 5.41) is 5.58. The van der Waals surface area contributed by atoms with Crippen molar-refractivity contribution in [3.8, 4) is 0 Å². The number of anilines is 1. The molecule has 0 bridgehead atoms. The lowest BCUT2D eigenvalue weighted by Gasteiger charge is -2.26. The Morgan fingerprint density at radius 1 is 1.33 bits per heavy atom. The largest absolute Gasteiger partial charge is 0.383 e. The van der Waals surface area contributed by atoms with Gasteiger partial charge in [-0.05, 0) is 34.6 Å². The van der Waals surface area contributed by atoms with E-state index in [2.05, 4.69) is 39.6 Å². The van der Waals surface area contributed by atoms with Crippen molar-refractivity contribution in [2.24, 2.45) is 0 Å². The molecule has 0 aliphatic carbocycles. The van der Waals surface area contributed by atoms with Gasteiger partial charge in [0.15, 0.2) is 0 Å². The van der Waals surface area contributed by atoms with E-state index in [1.54, 1.807) is 0 Å². The second-order valence-electron chi connectivity index (χ2n) is 5.73. The zero-order valence-electron chi connectivity index (χ0n) is 12.9. The summed E-state index contributed by atoms with van der Waals surface area (Å²) >= 11 is 1.43. The Balaban J connectivity index is 1.67. The van der Waals surface area contributed by atoms with Crippen molar-refractivity contribution in [2.45, 2.75) is 12.5 Å². The first-order valence-corrected chi connectivity index (χ1v) is 8.62. The molecule has 1 atom stereocenters. The van der Waals surface area contributed by atoms with E-state index < -0.39 is 0 Å². The minimum Gasteiger partial charge on any atom is -0.383 e. The first kappa shape index (κ1) is 15.0. The van der Waals surface area contributed by atoms with E-state index in [1.807, 2.05) is 11.4 Å². The van der Waals surface area contributed by atoms with Crippen LogP contribution in [0, 0.1) is 0 Å². The lowest BCUT2D eigenvalue weighted by molar-refractivity contribution is 0.104. The molecule has 24 heavy (non-hydrogen) atoms. The van der Waals surface area contributed by atoms with Crippen molar-refractivity contribution in [1.29, 1.82) is 0 Å². The van der Waals surface area contributed by atoms with Crippen molar-refractivity contribution in [3.63, 3.8) is 0 Å². The number of nitrogens with one attached hydrogen (secondary N) is 1. The van der Waals surface area contributed by atoms with Crippen LogP contribution in [0.2, 0.25) is 0 Å². The minimum atomic E-state index is -0.131. The first-order valence-electron chi connectivity index (χ1n) is 7.74. The van der Waals surface area contributed by atoms with Crippen LogP contribution in [0.3, 0.4) is 0 Å². The zero-order valence-corrected chi connectivity index (χ0v) is 13.7. The number of hydrogen-bond donors (Lipinski definition) is 2. The molecule has 1 aromatic carbocycles. The smallest absolute Gasteiger partial charge is 0.208 e. The van der Waals surface area contributed by atoms with Crippen molar-refractivity contribution < 1.29 is 4.79 Å². The summed E-state index contributed by atoms with van der Waals surface area (Å²) in [5.74, 6) is 0.0829. The summed E-state index contributed by atoms with van der Waals surface area (Å²) in [6.45, 7) is 0.931. The predicted octanol–water partition coefficient (Wildman–Crippen LogP) is 2.59. The summed E-state index contributed by atoms with van der Waals surface area (Å²) in [4.78, 5) is 21.1. The molecule has 2 aromatic heterocycles. The Morgan fingerprint density at radius 2 is 2.21 bits per heavy atom. The quantitative estimate of drug-likeness (QED) is 0.719. The standard InChI is InChI=1S/C18H16N4OS/c19-18-14(8-20-10-22-18)17(23)15-7-12(9-24-15)16-13-4-2-1-3-11(13)5-6-21-16/h1-4,7-10,16,21H,5-6H2,(H2,19,20,22). The topological polar surface area (TPSA) is 80.9 Å². The number of thiophene rings is 1. The Labute approximate surface area is 143 Å². The minimum absolute atomic E-state index is 0.122. The lowest BCUT2D eigenvalue weighted by atomic mass is 9.91. The second-order valence-corrected chi connectivity index (χ2v) is 6.64. The van der Waals surface area contributed by atoms with E-state index in [4.69, 9.17) is 5.73 Å². The monoisotopic (exact) mass is 336 g/mol. The fourth-order valence-corrected chi connectivity index (χ4v) is 3.96. The second kappa shape index (κ2) is 6.14. The number of hydrogen-bond acceptors (Lipinski definition) is 6. The molecule has 0 amide bonds. The van der Waals surface area contributed by atoms with Crippen molar-refractivity contribution >= 4 is 22.9 Å². The Bertz CT molecular complexity index is 905. The molecule has 3 heterocycles. The van der Waals surface area contributed by atoms with Gasteiger partial charge in [0.25, 0.3) is 0 Å². The van der Waals surface area contributed by atoms with Gasteiger partial charge in [0, 0.05) is 12.7 Å². The van der Waals surface area contributed by atoms with Crippen LogP contribution in [-0.2, 0) is 6.42 Å². The number of ketones is 1. The van der Waals surface area contributed by atoms with E-state index in [0.717, 1.165) is 18.5 Å². The molecular weight excluding hydrogens is 320 g/mol. The SMILES string of the molecule is Nc1ncncc1C(=O)c1cc(C2NCCc3ccccc32)cs1. The fourth-order valence-electron chi connectivity index (χ4n) is 3.07. The molecule has 5 nitrogen and oxygen atoms in total. The van der Waals surface area contributed by atoms with E-state index >= 15 is 0 Å². The molecule has 1 aliphatic heterocycles. The van der Waals surface area contributed by atoms with Crippen LogP contribution in [0.15, 0.2) is 48.2 Å². The maximum atomic E-state index is 12.6. The number of aromatic nitrogens is 2. The summed E-state index contributed by atoms with van der Waals surface area (Å²) in [6.07, 6.45) is 3.84. The number of fused-ring (bicyclic) bond motifs is 1. The zero-order chi connectivity index (χ0) is 16.5. The molecule has 6 heteroatoms. The molecule has 0 spiro atoms.